The second-order valence-corrected chi connectivity index (χ2v) is 7.55. The molecule has 3 rings (SSSR count). The Morgan fingerprint density at radius 2 is 2.12 bits per heavy atom. The van der Waals surface area contributed by atoms with Crippen molar-refractivity contribution in [3.8, 4) is 11.9 Å². The molecule has 1 aromatic heterocycles. The van der Waals surface area contributed by atoms with Crippen molar-refractivity contribution in [1.29, 1.82) is 5.26 Å². The van der Waals surface area contributed by atoms with Gasteiger partial charge >= 0.3 is 0 Å². The predicted octanol–water partition coefficient (Wildman–Crippen LogP) is 1.84. The smallest absolute Gasteiger partial charge is 0.251 e. The molecule has 1 fully saturated rings. The minimum absolute atomic E-state index is 0.0775. The minimum atomic E-state index is -3.63. The number of sulfonamides is 1. The molecule has 9 heteroatoms. The van der Waals surface area contributed by atoms with Gasteiger partial charge in [0, 0.05) is 24.0 Å². The molecule has 24 heavy (non-hydrogen) atoms. The van der Waals surface area contributed by atoms with E-state index in [1.54, 1.807) is 12.1 Å². The zero-order valence-corrected chi connectivity index (χ0v) is 14.0. The first-order valence-electron chi connectivity index (χ1n) is 7.14. The molecule has 124 valence electrons. The number of rotatable bonds is 4. The van der Waals surface area contributed by atoms with E-state index in [9.17, 15) is 8.42 Å². The molecule has 0 N–H and O–H groups in total. The average Bonchev–Trinajstić information content (AvgIpc) is 3.05. The summed E-state index contributed by atoms with van der Waals surface area (Å²) in [6.45, 7) is 0.498. The van der Waals surface area contributed by atoms with E-state index in [-0.39, 0.29) is 29.1 Å². The first-order chi connectivity index (χ1) is 11.5. The number of ether oxygens (including phenoxy) is 1. The topological polar surface area (TPSA) is 96.2 Å². The van der Waals surface area contributed by atoms with Crippen LogP contribution in [0, 0.1) is 11.3 Å². The Balaban J connectivity index is 1.75. The molecule has 0 amide bonds. The minimum Gasteiger partial charge on any atom is -0.471 e. The molecule has 1 unspecified atom stereocenters. The van der Waals surface area contributed by atoms with Crippen molar-refractivity contribution < 1.29 is 13.2 Å². The van der Waals surface area contributed by atoms with Gasteiger partial charge in [0.05, 0.1) is 11.4 Å². The summed E-state index contributed by atoms with van der Waals surface area (Å²) in [5, 5.41) is 9.36. The highest BCUT2D eigenvalue weighted by Gasteiger charge is 2.34. The maximum Gasteiger partial charge on any atom is 0.251 e. The molecule has 0 saturated carbocycles. The van der Waals surface area contributed by atoms with Gasteiger partial charge in [0.15, 0.2) is 0 Å². The first-order valence-corrected chi connectivity index (χ1v) is 8.96. The summed E-state index contributed by atoms with van der Waals surface area (Å²) < 4.78 is 32.3. The first kappa shape index (κ1) is 16.6. The van der Waals surface area contributed by atoms with Gasteiger partial charge in [-0.15, -0.1) is 0 Å². The summed E-state index contributed by atoms with van der Waals surface area (Å²) in [7, 11) is -3.63. The fraction of sp³-hybridized carbons (Fsp3) is 0.267. The van der Waals surface area contributed by atoms with Crippen LogP contribution in [0.4, 0.5) is 0 Å². The van der Waals surface area contributed by atoms with Gasteiger partial charge in [-0.3, -0.25) is 0 Å². The summed E-state index contributed by atoms with van der Waals surface area (Å²) in [5.41, 5.74) is 0.0775. The van der Waals surface area contributed by atoms with Crippen LogP contribution in [0.1, 0.15) is 12.1 Å². The van der Waals surface area contributed by atoms with Crippen molar-refractivity contribution in [3.05, 3.63) is 47.4 Å². The van der Waals surface area contributed by atoms with Gasteiger partial charge in [-0.25, -0.2) is 18.4 Å². The number of nitrogens with zero attached hydrogens (tertiary/aromatic N) is 4. The highest BCUT2D eigenvalue weighted by atomic mass is 35.5. The highest BCUT2D eigenvalue weighted by molar-refractivity contribution is 7.89. The predicted molar refractivity (Wildman–Crippen MR) is 86.0 cm³/mol. The second kappa shape index (κ2) is 6.73. The largest absolute Gasteiger partial charge is 0.471 e. The Hall–Kier alpha value is -2.21. The summed E-state index contributed by atoms with van der Waals surface area (Å²) >= 11 is 5.87. The van der Waals surface area contributed by atoms with Gasteiger partial charge in [0.2, 0.25) is 15.7 Å². The lowest BCUT2D eigenvalue weighted by Gasteiger charge is -2.17. The molecular formula is C15H13ClN4O3S. The summed E-state index contributed by atoms with van der Waals surface area (Å²) in [5.74, 6) is 0.118. The standard InChI is InChI=1S/C15H13ClN4O3S/c16-11-2-1-3-13(8-11)24(21,22)20-7-4-12(10-20)23-15-14(9-17)18-5-6-19-15/h1-3,5-6,8,12H,4,7,10H2. The molecule has 1 aromatic carbocycles. The number of aromatic nitrogens is 2. The van der Waals surface area contributed by atoms with Gasteiger partial charge in [-0.05, 0) is 24.6 Å². The molecule has 1 atom stereocenters. The fourth-order valence-corrected chi connectivity index (χ4v) is 4.22. The lowest BCUT2D eigenvalue weighted by Crippen LogP contribution is -2.31. The van der Waals surface area contributed by atoms with Crippen LogP contribution < -0.4 is 4.74 Å². The maximum absolute atomic E-state index is 12.6. The monoisotopic (exact) mass is 364 g/mol. The molecule has 1 aliphatic rings. The van der Waals surface area contributed by atoms with Crippen LogP contribution in [0.25, 0.3) is 0 Å². The van der Waals surface area contributed by atoms with Crippen molar-refractivity contribution in [2.75, 3.05) is 13.1 Å². The molecule has 2 aromatic rings. The van der Waals surface area contributed by atoms with Crippen LogP contribution in [0.2, 0.25) is 5.02 Å². The van der Waals surface area contributed by atoms with Gasteiger partial charge in [0.25, 0.3) is 5.88 Å². The van der Waals surface area contributed by atoms with E-state index < -0.39 is 10.0 Å². The fourth-order valence-electron chi connectivity index (χ4n) is 2.43. The molecule has 1 aliphatic heterocycles. The number of nitriles is 1. The van der Waals surface area contributed by atoms with E-state index in [2.05, 4.69) is 9.97 Å². The number of halogens is 1. The van der Waals surface area contributed by atoms with Crippen LogP contribution in [-0.2, 0) is 10.0 Å². The summed E-state index contributed by atoms with van der Waals surface area (Å²) in [6, 6.07) is 8.04. The number of hydrogen-bond acceptors (Lipinski definition) is 6. The summed E-state index contributed by atoms with van der Waals surface area (Å²) in [4.78, 5) is 7.99. The van der Waals surface area contributed by atoms with Gasteiger partial charge in [-0.2, -0.15) is 9.57 Å². The Labute approximate surface area is 144 Å². The maximum atomic E-state index is 12.6. The highest BCUT2D eigenvalue weighted by Crippen LogP contribution is 2.25. The van der Waals surface area contributed by atoms with Crippen LogP contribution in [-0.4, -0.2) is 41.9 Å². The van der Waals surface area contributed by atoms with Gasteiger partial charge in [0.1, 0.15) is 12.2 Å². The third-order valence-corrected chi connectivity index (χ3v) is 5.69. The van der Waals surface area contributed by atoms with E-state index >= 15 is 0 Å². The Morgan fingerprint density at radius 1 is 1.33 bits per heavy atom. The lowest BCUT2D eigenvalue weighted by atomic mass is 10.3. The van der Waals surface area contributed by atoms with Crippen molar-refractivity contribution in [1.82, 2.24) is 14.3 Å². The molecule has 2 heterocycles. The van der Waals surface area contributed by atoms with E-state index in [0.29, 0.717) is 18.0 Å². The number of hydrogen-bond donors (Lipinski definition) is 0. The molecule has 1 saturated heterocycles. The Morgan fingerprint density at radius 3 is 2.88 bits per heavy atom. The summed E-state index contributed by atoms with van der Waals surface area (Å²) in [6.07, 6.45) is 2.94. The van der Waals surface area contributed by atoms with E-state index in [1.165, 1.54) is 28.8 Å². The molecule has 0 radical (unpaired) electrons. The number of benzene rings is 1. The third kappa shape index (κ3) is 3.33. The van der Waals surface area contributed by atoms with Crippen LogP contribution in [0.5, 0.6) is 5.88 Å². The molecule has 7 nitrogen and oxygen atoms in total. The molecule has 0 spiro atoms. The van der Waals surface area contributed by atoms with Crippen molar-refractivity contribution >= 4 is 21.6 Å². The molecular weight excluding hydrogens is 352 g/mol. The zero-order chi connectivity index (χ0) is 17.2. The SMILES string of the molecule is N#Cc1nccnc1OC1CCN(S(=O)(=O)c2cccc(Cl)c2)C1. The van der Waals surface area contributed by atoms with Crippen LogP contribution >= 0.6 is 11.6 Å². The average molecular weight is 365 g/mol. The van der Waals surface area contributed by atoms with Gasteiger partial charge < -0.3 is 4.74 Å². The van der Waals surface area contributed by atoms with Crippen molar-refractivity contribution in [3.63, 3.8) is 0 Å². The molecule has 0 bridgehead atoms. The van der Waals surface area contributed by atoms with E-state index in [0.717, 1.165) is 0 Å². The second-order valence-electron chi connectivity index (χ2n) is 5.17. The van der Waals surface area contributed by atoms with E-state index in [1.807, 2.05) is 6.07 Å². The molecule has 0 aliphatic carbocycles. The van der Waals surface area contributed by atoms with Crippen molar-refractivity contribution in [2.24, 2.45) is 0 Å². The Bertz CT molecular complexity index is 898. The normalized spacial score (nSPS) is 18.2. The third-order valence-electron chi connectivity index (χ3n) is 3.59. The van der Waals surface area contributed by atoms with Crippen LogP contribution in [0.15, 0.2) is 41.6 Å². The lowest BCUT2D eigenvalue weighted by molar-refractivity contribution is 0.205. The Kier molecular flexibility index (Phi) is 4.66. The zero-order valence-electron chi connectivity index (χ0n) is 12.5. The van der Waals surface area contributed by atoms with Crippen molar-refractivity contribution in [2.45, 2.75) is 17.4 Å². The van der Waals surface area contributed by atoms with Crippen LogP contribution in [0.3, 0.4) is 0 Å². The van der Waals surface area contributed by atoms with E-state index in [4.69, 9.17) is 21.6 Å². The quantitative estimate of drug-likeness (QED) is 0.821. The van der Waals surface area contributed by atoms with Gasteiger partial charge in [-0.1, -0.05) is 17.7 Å².